The van der Waals surface area contributed by atoms with E-state index in [4.69, 9.17) is 9.47 Å². The van der Waals surface area contributed by atoms with Crippen LogP contribution in [-0.4, -0.2) is 53.9 Å². The minimum atomic E-state index is -3.53. The van der Waals surface area contributed by atoms with E-state index >= 15 is 0 Å². The number of anilines is 1. The zero-order chi connectivity index (χ0) is 17.7. The molecule has 0 saturated carbocycles. The van der Waals surface area contributed by atoms with Gasteiger partial charge in [-0.25, -0.2) is 8.42 Å². The van der Waals surface area contributed by atoms with E-state index in [9.17, 15) is 13.2 Å². The highest BCUT2D eigenvalue weighted by atomic mass is 32.2. The lowest BCUT2D eigenvalue weighted by Gasteiger charge is -2.24. The summed E-state index contributed by atoms with van der Waals surface area (Å²) in [6, 6.07) is 3.01. The second kappa shape index (κ2) is 7.71. The van der Waals surface area contributed by atoms with Crippen molar-refractivity contribution in [3.63, 3.8) is 0 Å². The number of amides is 1. The van der Waals surface area contributed by atoms with Gasteiger partial charge in [-0.1, -0.05) is 0 Å². The van der Waals surface area contributed by atoms with Gasteiger partial charge in [-0.05, 0) is 31.5 Å². The van der Waals surface area contributed by atoms with Gasteiger partial charge in [0.05, 0.1) is 26.2 Å². The van der Waals surface area contributed by atoms with Gasteiger partial charge in [0, 0.05) is 18.2 Å². The van der Waals surface area contributed by atoms with Gasteiger partial charge >= 0.3 is 0 Å². The Hall–Kier alpha value is -2.00. The van der Waals surface area contributed by atoms with Crippen LogP contribution in [-0.2, 0) is 10.0 Å². The summed E-state index contributed by atoms with van der Waals surface area (Å²) in [5.41, 5.74) is 0.454. The largest absolute Gasteiger partial charge is 0.493 e. The summed E-state index contributed by atoms with van der Waals surface area (Å²) in [6.45, 7) is 1.67. The predicted octanol–water partition coefficient (Wildman–Crippen LogP) is 0.557. The smallest absolute Gasteiger partial charge is 0.251 e. The summed E-state index contributed by atoms with van der Waals surface area (Å²) in [5, 5.41) is 6.16. The number of ether oxygens (including phenoxy) is 2. The Balaban J connectivity index is 2.31. The van der Waals surface area contributed by atoms with E-state index in [0.717, 1.165) is 25.6 Å². The van der Waals surface area contributed by atoms with Crippen LogP contribution in [0.25, 0.3) is 0 Å². The van der Waals surface area contributed by atoms with Crippen LogP contribution in [0.15, 0.2) is 12.1 Å². The molecule has 0 spiro atoms. The molecule has 9 heteroatoms. The highest BCUT2D eigenvalue weighted by Crippen LogP contribution is 2.37. The normalized spacial score (nSPS) is 17.9. The van der Waals surface area contributed by atoms with E-state index in [2.05, 4.69) is 15.4 Å². The molecule has 0 aliphatic carbocycles. The molecule has 1 amide bonds. The van der Waals surface area contributed by atoms with Crippen LogP contribution in [0, 0.1) is 0 Å². The fraction of sp³-hybridized carbons (Fsp3) is 0.533. The first-order chi connectivity index (χ1) is 11.3. The summed E-state index contributed by atoms with van der Waals surface area (Å²) in [4.78, 5) is 12.5. The predicted molar refractivity (Wildman–Crippen MR) is 91.4 cm³/mol. The second-order valence-electron chi connectivity index (χ2n) is 5.65. The molecule has 1 fully saturated rings. The average Bonchev–Trinajstić information content (AvgIpc) is 2.53. The van der Waals surface area contributed by atoms with Crippen molar-refractivity contribution in [2.75, 3.05) is 38.3 Å². The van der Waals surface area contributed by atoms with E-state index in [-0.39, 0.29) is 29.1 Å². The first-order valence-electron chi connectivity index (χ1n) is 7.59. The zero-order valence-electron chi connectivity index (χ0n) is 14.0. The Kier molecular flexibility index (Phi) is 5.89. The quantitative estimate of drug-likeness (QED) is 0.687. The van der Waals surface area contributed by atoms with E-state index in [0.29, 0.717) is 12.1 Å². The molecular formula is C15H23N3O5S. The van der Waals surface area contributed by atoms with Crippen LogP contribution in [0.1, 0.15) is 23.2 Å². The van der Waals surface area contributed by atoms with Crippen molar-refractivity contribution >= 4 is 21.6 Å². The Morgan fingerprint density at radius 1 is 1.29 bits per heavy atom. The first-order valence-corrected chi connectivity index (χ1v) is 9.48. The number of hydrogen-bond donors (Lipinski definition) is 3. The SMILES string of the molecule is COc1cc(C(=O)N[C@H]2CCCNC2)cc(NS(C)(=O)=O)c1OC. The topological polar surface area (TPSA) is 106 Å². The van der Waals surface area contributed by atoms with Gasteiger partial charge in [0.1, 0.15) is 0 Å². The molecule has 0 radical (unpaired) electrons. The van der Waals surface area contributed by atoms with Gasteiger partial charge in [0.25, 0.3) is 5.91 Å². The number of carbonyl (C=O) groups is 1. The summed E-state index contributed by atoms with van der Waals surface area (Å²) >= 11 is 0. The number of piperidine rings is 1. The Labute approximate surface area is 142 Å². The zero-order valence-corrected chi connectivity index (χ0v) is 14.8. The van der Waals surface area contributed by atoms with Crippen molar-refractivity contribution in [1.82, 2.24) is 10.6 Å². The van der Waals surface area contributed by atoms with Crippen molar-refractivity contribution in [3.8, 4) is 11.5 Å². The molecule has 0 aromatic heterocycles. The summed E-state index contributed by atoms with van der Waals surface area (Å²) in [7, 11) is -0.705. The van der Waals surface area contributed by atoms with Gasteiger partial charge in [-0.2, -0.15) is 0 Å². The molecule has 134 valence electrons. The van der Waals surface area contributed by atoms with Crippen molar-refractivity contribution in [2.45, 2.75) is 18.9 Å². The van der Waals surface area contributed by atoms with Gasteiger partial charge in [0.2, 0.25) is 10.0 Å². The summed E-state index contributed by atoms with van der Waals surface area (Å²) < 4.78 is 35.9. The van der Waals surface area contributed by atoms with Crippen LogP contribution in [0.5, 0.6) is 11.5 Å². The third-order valence-corrected chi connectivity index (χ3v) is 4.26. The number of nitrogens with one attached hydrogen (secondary N) is 3. The van der Waals surface area contributed by atoms with Crippen molar-refractivity contribution in [1.29, 1.82) is 0 Å². The maximum absolute atomic E-state index is 12.5. The lowest BCUT2D eigenvalue weighted by Crippen LogP contribution is -2.45. The third kappa shape index (κ3) is 4.75. The molecule has 24 heavy (non-hydrogen) atoms. The van der Waals surface area contributed by atoms with Crippen molar-refractivity contribution in [3.05, 3.63) is 17.7 Å². The lowest BCUT2D eigenvalue weighted by molar-refractivity contribution is 0.0930. The third-order valence-electron chi connectivity index (χ3n) is 3.67. The van der Waals surface area contributed by atoms with E-state index in [1.54, 1.807) is 0 Å². The van der Waals surface area contributed by atoms with Gasteiger partial charge in [0.15, 0.2) is 11.5 Å². The van der Waals surface area contributed by atoms with E-state index in [1.807, 2.05) is 0 Å². The molecule has 1 atom stereocenters. The molecule has 1 aliphatic rings. The number of rotatable bonds is 6. The fourth-order valence-electron chi connectivity index (χ4n) is 2.61. The molecule has 1 saturated heterocycles. The van der Waals surface area contributed by atoms with E-state index in [1.165, 1.54) is 26.4 Å². The fourth-order valence-corrected chi connectivity index (χ4v) is 3.17. The monoisotopic (exact) mass is 357 g/mol. The Bertz CT molecular complexity index is 699. The molecule has 3 N–H and O–H groups in total. The average molecular weight is 357 g/mol. The van der Waals surface area contributed by atoms with Crippen LogP contribution < -0.4 is 24.8 Å². The van der Waals surface area contributed by atoms with Crippen LogP contribution in [0.2, 0.25) is 0 Å². The van der Waals surface area contributed by atoms with Crippen LogP contribution in [0.3, 0.4) is 0 Å². The number of sulfonamides is 1. The summed E-state index contributed by atoms with van der Waals surface area (Å²) in [5.74, 6) is 0.207. The Morgan fingerprint density at radius 3 is 2.58 bits per heavy atom. The Morgan fingerprint density at radius 2 is 2.04 bits per heavy atom. The molecule has 2 rings (SSSR count). The summed E-state index contributed by atoms with van der Waals surface area (Å²) in [6.07, 6.45) is 2.93. The number of hydrogen-bond acceptors (Lipinski definition) is 6. The van der Waals surface area contributed by atoms with Gasteiger partial charge in [-0.3, -0.25) is 9.52 Å². The molecule has 1 heterocycles. The maximum Gasteiger partial charge on any atom is 0.251 e. The molecular weight excluding hydrogens is 334 g/mol. The molecule has 0 unspecified atom stereocenters. The second-order valence-corrected chi connectivity index (χ2v) is 7.40. The minimum Gasteiger partial charge on any atom is -0.493 e. The van der Waals surface area contributed by atoms with Crippen LogP contribution >= 0.6 is 0 Å². The maximum atomic E-state index is 12.5. The number of carbonyl (C=O) groups excluding carboxylic acids is 1. The highest BCUT2D eigenvalue weighted by Gasteiger charge is 2.21. The molecule has 8 nitrogen and oxygen atoms in total. The molecule has 0 bridgehead atoms. The highest BCUT2D eigenvalue weighted by molar-refractivity contribution is 7.92. The number of benzene rings is 1. The standard InChI is InChI=1S/C15H23N3O5S/c1-22-13-8-10(15(19)17-11-5-4-6-16-9-11)7-12(14(13)23-2)18-24(3,20)21/h7-8,11,16,18H,4-6,9H2,1-3H3,(H,17,19)/t11-/m0/s1. The van der Waals surface area contributed by atoms with Crippen molar-refractivity contribution < 1.29 is 22.7 Å². The molecule has 1 aromatic carbocycles. The van der Waals surface area contributed by atoms with Crippen LogP contribution in [0.4, 0.5) is 5.69 Å². The van der Waals surface area contributed by atoms with Gasteiger partial charge in [-0.15, -0.1) is 0 Å². The first kappa shape index (κ1) is 18.3. The van der Waals surface area contributed by atoms with E-state index < -0.39 is 10.0 Å². The number of methoxy groups -OCH3 is 2. The minimum absolute atomic E-state index is 0.0469. The molecule has 1 aromatic rings. The van der Waals surface area contributed by atoms with Gasteiger partial charge < -0.3 is 20.1 Å². The molecule has 1 aliphatic heterocycles. The lowest BCUT2D eigenvalue weighted by atomic mass is 10.1. The van der Waals surface area contributed by atoms with Crippen molar-refractivity contribution in [2.24, 2.45) is 0 Å².